The highest BCUT2D eigenvalue weighted by Gasteiger charge is 2.39. The minimum Gasteiger partial charge on any atom is -0.490 e. The number of hydrogen-bond acceptors (Lipinski definition) is 5. The van der Waals surface area contributed by atoms with Crippen molar-refractivity contribution in [2.75, 3.05) is 19.0 Å². The molecule has 8 nitrogen and oxygen atoms in total. The highest BCUT2D eigenvalue weighted by atomic mass is 35.5. The Morgan fingerprint density at radius 1 is 1.18 bits per heavy atom. The first kappa shape index (κ1) is 24.0. The second-order valence-electron chi connectivity index (χ2n) is 8.63. The van der Waals surface area contributed by atoms with Crippen LogP contribution in [0.5, 0.6) is 5.75 Å². The van der Waals surface area contributed by atoms with Crippen molar-refractivity contribution in [1.29, 1.82) is 0 Å². The van der Waals surface area contributed by atoms with Gasteiger partial charge in [0.1, 0.15) is 18.5 Å². The van der Waals surface area contributed by atoms with Crippen molar-refractivity contribution in [3.05, 3.63) is 58.6 Å². The van der Waals surface area contributed by atoms with Gasteiger partial charge in [0.05, 0.1) is 24.1 Å². The Morgan fingerprint density at radius 2 is 1.97 bits per heavy atom. The molecule has 2 aromatic carbocycles. The predicted molar refractivity (Wildman–Crippen MR) is 128 cm³/mol. The number of nitrogens with zero attached hydrogens (tertiary/aromatic N) is 1. The first-order chi connectivity index (χ1) is 16.3. The number of likely N-dealkylation sites (N-methyl/N-ethyl adjacent to an activating group) is 1. The van der Waals surface area contributed by atoms with Crippen LogP contribution in [-0.4, -0.2) is 54.5 Å². The Labute approximate surface area is 203 Å². The number of anilines is 1. The molecule has 0 bridgehead atoms. The molecular weight excluding hydrogens is 458 g/mol. The maximum absolute atomic E-state index is 13.2. The number of hydrogen-bond donors (Lipinski definition) is 2. The van der Waals surface area contributed by atoms with Gasteiger partial charge in [0.25, 0.3) is 5.91 Å². The van der Waals surface area contributed by atoms with Crippen molar-refractivity contribution < 1.29 is 23.9 Å². The molecule has 34 heavy (non-hydrogen) atoms. The van der Waals surface area contributed by atoms with E-state index in [9.17, 15) is 14.4 Å². The number of ether oxygens (including phenoxy) is 2. The van der Waals surface area contributed by atoms with Gasteiger partial charge in [-0.2, -0.15) is 0 Å². The van der Waals surface area contributed by atoms with Gasteiger partial charge in [-0.3, -0.25) is 14.4 Å². The summed E-state index contributed by atoms with van der Waals surface area (Å²) in [4.78, 5) is 38.8. The number of nitrogens with one attached hydrogen (secondary N) is 2. The minimum absolute atomic E-state index is 0.115. The summed E-state index contributed by atoms with van der Waals surface area (Å²) in [6, 6.07) is 12.2. The van der Waals surface area contributed by atoms with Gasteiger partial charge >= 0.3 is 0 Å². The van der Waals surface area contributed by atoms with E-state index < -0.39 is 0 Å². The summed E-state index contributed by atoms with van der Waals surface area (Å²) in [5, 5.41) is 6.21. The molecule has 0 saturated carbocycles. The summed E-state index contributed by atoms with van der Waals surface area (Å²) in [6.45, 7) is 2.03. The van der Waals surface area contributed by atoms with Crippen molar-refractivity contribution in [1.82, 2.24) is 10.2 Å². The highest BCUT2D eigenvalue weighted by molar-refractivity contribution is 6.31. The molecule has 0 spiro atoms. The van der Waals surface area contributed by atoms with E-state index in [2.05, 4.69) is 10.6 Å². The monoisotopic (exact) mass is 485 g/mol. The van der Waals surface area contributed by atoms with Crippen molar-refractivity contribution in [2.45, 2.75) is 51.0 Å². The van der Waals surface area contributed by atoms with Crippen molar-refractivity contribution in [2.24, 2.45) is 0 Å². The Kier molecular flexibility index (Phi) is 7.38. The zero-order valence-electron chi connectivity index (χ0n) is 19.2. The zero-order valence-corrected chi connectivity index (χ0v) is 19.9. The van der Waals surface area contributed by atoms with Crippen LogP contribution in [0.25, 0.3) is 0 Å². The lowest BCUT2D eigenvalue weighted by Gasteiger charge is -2.42. The molecule has 1 fully saturated rings. The van der Waals surface area contributed by atoms with E-state index in [1.54, 1.807) is 36.2 Å². The van der Waals surface area contributed by atoms with Crippen molar-refractivity contribution in [3.8, 4) is 5.75 Å². The molecule has 2 aromatic rings. The molecule has 0 aliphatic carbocycles. The molecule has 3 atom stereocenters. The van der Waals surface area contributed by atoms with E-state index in [0.717, 1.165) is 5.56 Å². The Bertz CT molecular complexity index is 1090. The largest absolute Gasteiger partial charge is 0.490 e. The third kappa shape index (κ3) is 5.51. The van der Waals surface area contributed by atoms with Gasteiger partial charge in [-0.25, -0.2) is 0 Å². The third-order valence-electron chi connectivity index (χ3n) is 6.18. The Balaban J connectivity index is 1.39. The fraction of sp³-hybridized carbons (Fsp3) is 0.400. The normalized spacial score (nSPS) is 21.9. The quantitative estimate of drug-likeness (QED) is 0.676. The van der Waals surface area contributed by atoms with Gasteiger partial charge in [0.15, 0.2) is 0 Å². The second-order valence-corrected chi connectivity index (χ2v) is 9.04. The summed E-state index contributed by atoms with van der Waals surface area (Å²) < 4.78 is 12.2. The fourth-order valence-corrected chi connectivity index (χ4v) is 4.63. The standard InChI is InChI=1S/C25H28ClN3O5/c1-15(30)28-17-7-10-22-19(11-17)25(32)29(2)21-9-8-18(34-23(21)14-33-22)12-24(31)27-13-16-5-3-4-6-20(16)26/h3-7,10-11,18,21,23H,8-9,12-14H2,1-2H3,(H,27,31)(H,28,30)/t18-,21-,23-/m1/s1. The molecule has 0 radical (unpaired) electrons. The number of rotatable bonds is 5. The van der Waals surface area contributed by atoms with Crippen LogP contribution in [0.4, 0.5) is 5.69 Å². The maximum Gasteiger partial charge on any atom is 0.257 e. The number of benzene rings is 2. The number of carbonyl (C=O) groups is 3. The van der Waals surface area contributed by atoms with Crippen LogP contribution in [0.3, 0.4) is 0 Å². The van der Waals surface area contributed by atoms with Crippen LogP contribution in [0.15, 0.2) is 42.5 Å². The maximum atomic E-state index is 13.2. The second kappa shape index (κ2) is 10.4. The topological polar surface area (TPSA) is 97.0 Å². The molecule has 3 amide bonds. The average Bonchev–Trinajstić information content (AvgIpc) is 2.81. The molecule has 2 aliphatic rings. The van der Waals surface area contributed by atoms with Crippen LogP contribution in [0.2, 0.25) is 5.02 Å². The first-order valence-corrected chi connectivity index (χ1v) is 11.7. The Morgan fingerprint density at radius 3 is 2.74 bits per heavy atom. The van der Waals surface area contributed by atoms with Crippen LogP contribution >= 0.6 is 11.6 Å². The van der Waals surface area contributed by atoms with Crippen molar-refractivity contribution >= 4 is 35.0 Å². The summed E-state index contributed by atoms with van der Waals surface area (Å²) in [6.07, 6.45) is 0.950. The summed E-state index contributed by atoms with van der Waals surface area (Å²) >= 11 is 6.16. The van der Waals surface area contributed by atoms with E-state index in [-0.39, 0.29) is 49.0 Å². The lowest BCUT2D eigenvalue weighted by molar-refractivity contribution is -0.134. The van der Waals surface area contributed by atoms with Gasteiger partial charge in [0, 0.05) is 31.2 Å². The van der Waals surface area contributed by atoms with Gasteiger partial charge in [0.2, 0.25) is 11.8 Å². The average molecular weight is 486 g/mol. The zero-order chi connectivity index (χ0) is 24.2. The molecule has 2 heterocycles. The molecular formula is C25H28ClN3O5. The molecule has 180 valence electrons. The summed E-state index contributed by atoms with van der Waals surface area (Å²) in [5.74, 6) is -0.0883. The molecule has 2 aliphatic heterocycles. The lowest BCUT2D eigenvalue weighted by Crippen LogP contribution is -2.53. The lowest BCUT2D eigenvalue weighted by atomic mass is 9.94. The molecule has 9 heteroatoms. The number of fused-ring (bicyclic) bond motifs is 2. The van der Waals surface area contributed by atoms with Crippen molar-refractivity contribution in [3.63, 3.8) is 0 Å². The first-order valence-electron chi connectivity index (χ1n) is 11.3. The molecule has 4 rings (SSSR count). The highest BCUT2D eigenvalue weighted by Crippen LogP contribution is 2.32. The van der Waals surface area contributed by atoms with Crippen LogP contribution in [-0.2, 0) is 20.9 Å². The van der Waals surface area contributed by atoms with Gasteiger partial charge in [-0.05, 0) is 42.7 Å². The van der Waals surface area contributed by atoms with E-state index in [1.165, 1.54) is 6.92 Å². The van der Waals surface area contributed by atoms with E-state index in [1.807, 2.05) is 18.2 Å². The Hall–Kier alpha value is -3.10. The third-order valence-corrected chi connectivity index (χ3v) is 6.55. The minimum atomic E-state index is -0.354. The van der Waals surface area contributed by atoms with Gasteiger partial charge < -0.3 is 25.0 Å². The van der Waals surface area contributed by atoms with Gasteiger partial charge in [-0.1, -0.05) is 29.8 Å². The van der Waals surface area contributed by atoms with Crippen LogP contribution < -0.4 is 15.4 Å². The van der Waals surface area contributed by atoms with E-state index in [4.69, 9.17) is 21.1 Å². The number of halogens is 1. The molecule has 2 N–H and O–H groups in total. The SMILES string of the molecule is CC(=O)Nc1ccc2c(c1)C(=O)N(C)[C@@H]1CC[C@H](CC(=O)NCc3ccccc3Cl)O[C@@H]1CO2. The predicted octanol–water partition coefficient (Wildman–Crippen LogP) is 3.39. The van der Waals surface area contributed by atoms with E-state index >= 15 is 0 Å². The van der Waals surface area contributed by atoms with Crippen LogP contribution in [0.1, 0.15) is 42.1 Å². The smallest absolute Gasteiger partial charge is 0.257 e. The van der Waals surface area contributed by atoms with Crippen LogP contribution in [0, 0.1) is 0 Å². The number of carbonyl (C=O) groups excluding carboxylic acids is 3. The molecule has 1 saturated heterocycles. The molecule has 0 aromatic heterocycles. The van der Waals surface area contributed by atoms with E-state index in [0.29, 0.717) is 41.4 Å². The number of amides is 3. The van der Waals surface area contributed by atoms with Gasteiger partial charge in [-0.15, -0.1) is 0 Å². The summed E-state index contributed by atoms with van der Waals surface area (Å²) in [5.41, 5.74) is 1.79. The molecule has 0 unspecified atom stereocenters. The summed E-state index contributed by atoms with van der Waals surface area (Å²) in [7, 11) is 1.75. The fourth-order valence-electron chi connectivity index (χ4n) is 4.42.